The van der Waals surface area contributed by atoms with Crippen LogP contribution in [-0.4, -0.2) is 27.1 Å². The molecule has 0 aliphatic carbocycles. The van der Waals surface area contributed by atoms with Crippen molar-refractivity contribution in [1.82, 2.24) is 9.97 Å². The van der Waals surface area contributed by atoms with Crippen molar-refractivity contribution in [2.45, 2.75) is 20.0 Å². The maximum atomic E-state index is 13.9. The maximum absolute atomic E-state index is 13.9. The second kappa shape index (κ2) is 7.37. The number of hydrogen-bond acceptors (Lipinski definition) is 6. The molecule has 2 N–H and O–H groups in total. The first kappa shape index (κ1) is 19.2. The molecule has 0 saturated heterocycles. The number of carbonyl (C=O) groups is 1. The van der Waals surface area contributed by atoms with E-state index in [1.165, 1.54) is 19.1 Å². The SMILES string of the molecule is Cc1c(C(=O)O[C@H](C)/C(O)=C(\C#N)c2nc3ccccc3[nH]2)oc2c(F)cccc12. The Morgan fingerprint density at radius 1 is 1.30 bits per heavy atom. The molecule has 8 heteroatoms. The van der Waals surface area contributed by atoms with E-state index in [-0.39, 0.29) is 22.7 Å². The van der Waals surface area contributed by atoms with E-state index in [2.05, 4.69) is 9.97 Å². The second-order valence-corrected chi connectivity index (χ2v) is 6.69. The summed E-state index contributed by atoms with van der Waals surface area (Å²) in [6.07, 6.45) is -1.17. The van der Waals surface area contributed by atoms with Crippen LogP contribution in [0.5, 0.6) is 0 Å². The molecule has 0 spiro atoms. The molecule has 0 saturated carbocycles. The van der Waals surface area contributed by atoms with Gasteiger partial charge in [0.1, 0.15) is 11.6 Å². The highest BCUT2D eigenvalue weighted by Gasteiger charge is 2.26. The number of hydrogen-bond donors (Lipinski definition) is 2. The lowest BCUT2D eigenvalue weighted by atomic mass is 10.1. The number of H-pyrrole nitrogens is 1. The molecule has 30 heavy (non-hydrogen) atoms. The molecule has 0 fully saturated rings. The number of furan rings is 1. The standard InChI is InChI=1S/C22H16FN3O4/c1-11-13-6-5-7-15(23)20(13)30-19(11)22(28)29-12(2)18(27)14(10-24)21-25-16-8-3-4-9-17(16)26-21/h3-9,12,27H,1-2H3,(H,25,26)/b18-14-/t12-/m1/s1. The number of aliphatic hydroxyl groups is 1. The van der Waals surface area contributed by atoms with E-state index in [0.717, 1.165) is 0 Å². The molecule has 2 aromatic heterocycles. The van der Waals surface area contributed by atoms with Crippen LogP contribution in [0.3, 0.4) is 0 Å². The summed E-state index contributed by atoms with van der Waals surface area (Å²) >= 11 is 0. The average molecular weight is 405 g/mol. The fourth-order valence-corrected chi connectivity index (χ4v) is 3.18. The minimum atomic E-state index is -1.17. The predicted octanol–water partition coefficient (Wildman–Crippen LogP) is 4.79. The zero-order valence-corrected chi connectivity index (χ0v) is 16.1. The molecule has 4 rings (SSSR count). The summed E-state index contributed by atoms with van der Waals surface area (Å²) in [7, 11) is 0. The smallest absolute Gasteiger partial charge is 0.375 e. The van der Waals surface area contributed by atoms with Crippen molar-refractivity contribution < 1.29 is 23.4 Å². The summed E-state index contributed by atoms with van der Waals surface area (Å²) in [6, 6.07) is 13.4. The van der Waals surface area contributed by atoms with Crippen molar-refractivity contribution in [1.29, 1.82) is 5.26 Å². The highest BCUT2D eigenvalue weighted by molar-refractivity contribution is 5.96. The normalized spacial score (nSPS) is 13.1. The van der Waals surface area contributed by atoms with Crippen molar-refractivity contribution in [2.75, 3.05) is 0 Å². The van der Waals surface area contributed by atoms with Crippen LogP contribution in [-0.2, 0) is 4.74 Å². The van der Waals surface area contributed by atoms with Gasteiger partial charge >= 0.3 is 5.97 Å². The zero-order valence-electron chi connectivity index (χ0n) is 16.1. The fourth-order valence-electron chi connectivity index (χ4n) is 3.18. The highest BCUT2D eigenvalue weighted by atomic mass is 19.1. The number of nitrogens with zero attached hydrogens (tertiary/aromatic N) is 2. The van der Waals surface area contributed by atoms with Gasteiger partial charge in [0.05, 0.1) is 11.0 Å². The monoisotopic (exact) mass is 405 g/mol. The van der Waals surface area contributed by atoms with Gasteiger partial charge in [-0.25, -0.2) is 14.2 Å². The van der Waals surface area contributed by atoms with Crippen LogP contribution < -0.4 is 0 Å². The summed E-state index contributed by atoms with van der Waals surface area (Å²) in [5.41, 5.74) is 1.53. The zero-order chi connectivity index (χ0) is 21.4. The van der Waals surface area contributed by atoms with Crippen molar-refractivity contribution in [3.63, 3.8) is 0 Å². The van der Waals surface area contributed by atoms with E-state index in [1.54, 1.807) is 31.2 Å². The van der Waals surface area contributed by atoms with Gasteiger partial charge in [-0.3, -0.25) is 0 Å². The number of para-hydroxylation sites is 3. The summed E-state index contributed by atoms with van der Waals surface area (Å²) in [4.78, 5) is 19.8. The number of carbonyl (C=O) groups excluding carboxylic acids is 1. The first-order valence-corrected chi connectivity index (χ1v) is 9.07. The Morgan fingerprint density at radius 3 is 2.77 bits per heavy atom. The summed E-state index contributed by atoms with van der Waals surface area (Å²) in [5.74, 6) is -1.96. The van der Waals surface area contributed by atoms with Gasteiger partial charge in [-0.15, -0.1) is 0 Å². The van der Waals surface area contributed by atoms with Crippen LogP contribution in [0, 0.1) is 24.1 Å². The topological polar surface area (TPSA) is 112 Å². The molecule has 2 heterocycles. The molecule has 4 aromatic rings. The third-order valence-electron chi connectivity index (χ3n) is 4.76. The van der Waals surface area contributed by atoms with E-state index in [9.17, 15) is 19.6 Å². The Kier molecular flexibility index (Phi) is 4.72. The van der Waals surface area contributed by atoms with Crippen LogP contribution in [0.25, 0.3) is 27.6 Å². The molecule has 0 amide bonds. The molecule has 1 atom stereocenters. The number of ether oxygens (including phenoxy) is 1. The van der Waals surface area contributed by atoms with Crippen LogP contribution in [0.4, 0.5) is 4.39 Å². The van der Waals surface area contributed by atoms with E-state index < -0.39 is 23.6 Å². The largest absolute Gasteiger partial charge is 0.507 e. The molecule has 0 aliphatic heterocycles. The predicted molar refractivity (Wildman–Crippen MR) is 107 cm³/mol. The van der Waals surface area contributed by atoms with Crippen molar-refractivity contribution >= 4 is 33.5 Å². The average Bonchev–Trinajstić information content (AvgIpc) is 3.30. The van der Waals surface area contributed by atoms with E-state index in [0.29, 0.717) is 22.0 Å². The number of aryl methyl sites for hydroxylation is 1. The van der Waals surface area contributed by atoms with Crippen molar-refractivity contribution in [3.8, 4) is 6.07 Å². The number of benzene rings is 2. The number of allylic oxidation sites excluding steroid dienone is 1. The number of nitriles is 1. The number of nitrogens with one attached hydrogen (secondary N) is 1. The van der Waals surface area contributed by atoms with E-state index in [1.807, 2.05) is 12.1 Å². The first-order valence-electron chi connectivity index (χ1n) is 9.07. The van der Waals surface area contributed by atoms with Crippen LogP contribution >= 0.6 is 0 Å². The number of esters is 1. The third kappa shape index (κ3) is 3.16. The summed E-state index contributed by atoms with van der Waals surface area (Å²) in [6.45, 7) is 3.02. The fraction of sp³-hybridized carbons (Fsp3) is 0.136. The van der Waals surface area contributed by atoms with Gasteiger partial charge in [0, 0.05) is 10.9 Å². The molecule has 150 valence electrons. The quantitative estimate of drug-likeness (QED) is 0.287. The van der Waals surface area contributed by atoms with Gasteiger partial charge in [0.15, 0.2) is 29.1 Å². The Hall–Kier alpha value is -4.12. The Labute approximate surface area is 170 Å². The number of rotatable bonds is 4. The summed E-state index contributed by atoms with van der Waals surface area (Å²) in [5, 5.41) is 20.5. The number of halogens is 1. The maximum Gasteiger partial charge on any atom is 0.375 e. The van der Waals surface area contributed by atoms with Gasteiger partial charge < -0.3 is 19.2 Å². The van der Waals surface area contributed by atoms with E-state index in [4.69, 9.17) is 9.15 Å². The Bertz CT molecular complexity index is 1330. The molecule has 0 bridgehead atoms. The van der Waals surface area contributed by atoms with Gasteiger partial charge in [0.25, 0.3) is 0 Å². The third-order valence-corrected chi connectivity index (χ3v) is 4.76. The molecular weight excluding hydrogens is 389 g/mol. The first-order chi connectivity index (χ1) is 14.4. The number of fused-ring (bicyclic) bond motifs is 2. The number of aliphatic hydroxyl groups excluding tert-OH is 1. The minimum Gasteiger partial charge on any atom is -0.507 e. The van der Waals surface area contributed by atoms with Gasteiger partial charge in [-0.1, -0.05) is 24.3 Å². The highest BCUT2D eigenvalue weighted by Crippen LogP contribution is 2.28. The van der Waals surface area contributed by atoms with Gasteiger partial charge in [-0.2, -0.15) is 5.26 Å². The molecule has 0 radical (unpaired) electrons. The lowest BCUT2D eigenvalue weighted by Crippen LogP contribution is -2.18. The molecule has 0 aliphatic rings. The van der Waals surface area contributed by atoms with E-state index >= 15 is 0 Å². The lowest BCUT2D eigenvalue weighted by molar-refractivity contribution is 0.0300. The van der Waals surface area contributed by atoms with Crippen molar-refractivity contribution in [3.05, 3.63) is 71.2 Å². The molecular formula is C22H16FN3O4. The molecule has 7 nitrogen and oxygen atoms in total. The molecule has 0 unspecified atom stereocenters. The van der Waals surface area contributed by atoms with Crippen LogP contribution in [0.2, 0.25) is 0 Å². The lowest BCUT2D eigenvalue weighted by Gasteiger charge is -2.13. The van der Waals surface area contributed by atoms with Crippen molar-refractivity contribution in [2.24, 2.45) is 0 Å². The number of aromatic amines is 1. The van der Waals surface area contributed by atoms with Crippen LogP contribution in [0.1, 0.15) is 28.9 Å². The minimum absolute atomic E-state index is 0.0469. The van der Waals surface area contributed by atoms with Crippen LogP contribution in [0.15, 0.2) is 52.6 Å². The number of aromatic nitrogens is 2. The second-order valence-electron chi connectivity index (χ2n) is 6.69. The Morgan fingerprint density at radius 2 is 2.07 bits per heavy atom. The summed E-state index contributed by atoms with van der Waals surface area (Å²) < 4.78 is 24.5. The Balaban J connectivity index is 1.64. The number of imidazole rings is 1. The van der Waals surface area contributed by atoms with Gasteiger partial charge in [-0.05, 0) is 32.0 Å². The van der Waals surface area contributed by atoms with Gasteiger partial charge in [0.2, 0.25) is 5.76 Å². The molecule has 2 aromatic carbocycles.